The molecule has 0 saturated heterocycles. The normalized spacial score (nSPS) is 18.6. The highest BCUT2D eigenvalue weighted by atomic mass is 79.9. The Kier molecular flexibility index (Phi) is 4.05. The number of carbonyl (C=O) groups excluding carboxylic acids is 1. The van der Waals surface area contributed by atoms with E-state index < -0.39 is 9.05 Å². The highest BCUT2D eigenvalue weighted by Crippen LogP contribution is 2.36. The van der Waals surface area contributed by atoms with Crippen molar-refractivity contribution in [3.05, 3.63) is 28.2 Å². The Hall–Kier alpha value is -0.590. The number of amides is 1. The Balaban J connectivity index is 1.91. The van der Waals surface area contributed by atoms with Crippen molar-refractivity contribution in [3.63, 3.8) is 0 Å². The SMILES string of the molecule is O=C(c1cc(S(=O)(=O)Cl)ccc1Br)N(CC1CC1)C1CC1. The van der Waals surface area contributed by atoms with Gasteiger partial charge in [-0.15, -0.1) is 0 Å². The second-order valence-corrected chi connectivity index (χ2v) is 9.13. The van der Waals surface area contributed by atoms with E-state index in [0.717, 1.165) is 19.4 Å². The first-order chi connectivity index (χ1) is 9.86. The number of hydrogen-bond acceptors (Lipinski definition) is 3. The molecular weight excluding hydrogens is 378 g/mol. The van der Waals surface area contributed by atoms with Gasteiger partial charge in [-0.2, -0.15) is 0 Å². The standard InChI is InChI=1S/C14H15BrClNO3S/c15-13-6-5-11(21(16,19)20)7-12(13)14(18)17(10-3-4-10)8-9-1-2-9/h5-7,9-10H,1-4,8H2. The van der Waals surface area contributed by atoms with Gasteiger partial charge in [0.05, 0.1) is 10.5 Å². The van der Waals surface area contributed by atoms with Crippen LogP contribution in [-0.4, -0.2) is 31.8 Å². The Morgan fingerprint density at radius 1 is 1.29 bits per heavy atom. The molecule has 0 aliphatic heterocycles. The van der Waals surface area contributed by atoms with Gasteiger partial charge in [0, 0.05) is 27.7 Å². The molecule has 0 heterocycles. The van der Waals surface area contributed by atoms with Crippen LogP contribution in [0.3, 0.4) is 0 Å². The number of hydrogen-bond donors (Lipinski definition) is 0. The minimum Gasteiger partial charge on any atom is -0.335 e. The zero-order valence-electron chi connectivity index (χ0n) is 11.3. The van der Waals surface area contributed by atoms with E-state index in [4.69, 9.17) is 10.7 Å². The average molecular weight is 393 g/mol. The topological polar surface area (TPSA) is 54.5 Å². The van der Waals surface area contributed by atoms with E-state index in [1.165, 1.54) is 25.0 Å². The zero-order chi connectivity index (χ0) is 15.2. The fourth-order valence-electron chi connectivity index (χ4n) is 2.34. The smallest absolute Gasteiger partial charge is 0.261 e. The van der Waals surface area contributed by atoms with E-state index >= 15 is 0 Å². The van der Waals surface area contributed by atoms with E-state index in [-0.39, 0.29) is 10.8 Å². The van der Waals surface area contributed by atoms with Crippen LogP contribution in [0, 0.1) is 5.92 Å². The lowest BCUT2D eigenvalue weighted by Gasteiger charge is -2.23. The Bertz CT molecular complexity index is 683. The molecule has 2 aliphatic rings. The highest BCUT2D eigenvalue weighted by molar-refractivity contribution is 9.10. The largest absolute Gasteiger partial charge is 0.335 e. The Morgan fingerprint density at radius 2 is 1.95 bits per heavy atom. The monoisotopic (exact) mass is 391 g/mol. The van der Waals surface area contributed by atoms with Crippen molar-refractivity contribution in [2.24, 2.45) is 5.92 Å². The lowest BCUT2D eigenvalue weighted by Crippen LogP contribution is -2.35. The second kappa shape index (κ2) is 5.56. The van der Waals surface area contributed by atoms with Gasteiger partial charge >= 0.3 is 0 Å². The highest BCUT2D eigenvalue weighted by Gasteiger charge is 2.37. The molecule has 0 spiro atoms. The van der Waals surface area contributed by atoms with Gasteiger partial charge in [0.15, 0.2) is 0 Å². The molecule has 3 rings (SSSR count). The van der Waals surface area contributed by atoms with Crippen molar-refractivity contribution < 1.29 is 13.2 Å². The molecule has 0 N–H and O–H groups in total. The van der Waals surface area contributed by atoms with Crippen LogP contribution >= 0.6 is 26.6 Å². The van der Waals surface area contributed by atoms with E-state index in [1.54, 1.807) is 6.07 Å². The molecule has 21 heavy (non-hydrogen) atoms. The van der Waals surface area contributed by atoms with Gasteiger partial charge in [-0.05, 0) is 65.7 Å². The molecule has 0 unspecified atom stereocenters. The summed E-state index contributed by atoms with van der Waals surface area (Å²) < 4.78 is 23.5. The first-order valence-corrected chi connectivity index (χ1v) is 10.0. The fraction of sp³-hybridized carbons (Fsp3) is 0.500. The third-order valence-electron chi connectivity index (χ3n) is 3.85. The lowest BCUT2D eigenvalue weighted by molar-refractivity contribution is 0.0733. The summed E-state index contributed by atoms with van der Waals surface area (Å²) in [4.78, 5) is 14.6. The summed E-state index contributed by atoms with van der Waals surface area (Å²) in [6.45, 7) is 0.772. The van der Waals surface area contributed by atoms with Crippen LogP contribution in [-0.2, 0) is 9.05 Å². The van der Waals surface area contributed by atoms with Crippen molar-refractivity contribution in [1.29, 1.82) is 0 Å². The Morgan fingerprint density at radius 3 is 2.48 bits per heavy atom. The van der Waals surface area contributed by atoms with Crippen molar-refractivity contribution in [2.75, 3.05) is 6.54 Å². The summed E-state index contributed by atoms with van der Waals surface area (Å²) in [5.74, 6) is 0.492. The number of halogens is 2. The summed E-state index contributed by atoms with van der Waals surface area (Å²) in [7, 11) is 1.53. The van der Waals surface area contributed by atoms with Crippen molar-refractivity contribution >= 4 is 41.6 Å². The molecule has 114 valence electrons. The van der Waals surface area contributed by atoms with Gasteiger partial charge in [-0.3, -0.25) is 4.79 Å². The zero-order valence-corrected chi connectivity index (χ0v) is 14.4. The van der Waals surface area contributed by atoms with Crippen LogP contribution in [0.25, 0.3) is 0 Å². The molecular formula is C14H15BrClNO3S. The minimum atomic E-state index is -3.84. The van der Waals surface area contributed by atoms with Crippen LogP contribution in [0.5, 0.6) is 0 Å². The molecule has 0 aromatic heterocycles. The van der Waals surface area contributed by atoms with Crippen molar-refractivity contribution in [2.45, 2.75) is 36.6 Å². The second-order valence-electron chi connectivity index (χ2n) is 5.71. The van der Waals surface area contributed by atoms with E-state index in [0.29, 0.717) is 22.0 Å². The molecule has 0 bridgehead atoms. The molecule has 0 atom stereocenters. The molecule has 1 amide bonds. The van der Waals surface area contributed by atoms with Gasteiger partial charge in [-0.1, -0.05) is 0 Å². The maximum Gasteiger partial charge on any atom is 0.261 e. The molecule has 2 aliphatic carbocycles. The maximum atomic E-state index is 12.7. The van der Waals surface area contributed by atoms with Crippen LogP contribution in [0.4, 0.5) is 0 Å². The van der Waals surface area contributed by atoms with Crippen LogP contribution < -0.4 is 0 Å². The molecule has 0 radical (unpaired) electrons. The quantitative estimate of drug-likeness (QED) is 0.722. The van der Waals surface area contributed by atoms with Gasteiger partial charge in [-0.25, -0.2) is 8.42 Å². The third kappa shape index (κ3) is 3.60. The predicted octanol–water partition coefficient (Wildman–Crippen LogP) is 3.39. The van der Waals surface area contributed by atoms with E-state index in [1.807, 2.05) is 4.90 Å². The molecule has 7 heteroatoms. The minimum absolute atomic E-state index is 0.0436. The molecule has 1 aromatic rings. The third-order valence-corrected chi connectivity index (χ3v) is 5.89. The van der Waals surface area contributed by atoms with E-state index in [2.05, 4.69) is 15.9 Å². The molecule has 2 fully saturated rings. The van der Waals surface area contributed by atoms with Crippen LogP contribution in [0.1, 0.15) is 36.0 Å². The summed E-state index contributed by atoms with van der Waals surface area (Å²) in [5.41, 5.74) is 0.365. The number of carbonyl (C=O) groups is 1. The maximum absolute atomic E-state index is 12.7. The molecule has 2 saturated carbocycles. The molecule has 4 nitrogen and oxygen atoms in total. The predicted molar refractivity (Wildman–Crippen MR) is 84.0 cm³/mol. The lowest BCUT2D eigenvalue weighted by atomic mass is 10.2. The van der Waals surface area contributed by atoms with E-state index in [9.17, 15) is 13.2 Å². The van der Waals surface area contributed by atoms with Crippen molar-refractivity contribution in [3.8, 4) is 0 Å². The van der Waals surface area contributed by atoms with Gasteiger partial charge < -0.3 is 4.90 Å². The number of benzene rings is 1. The first kappa shape index (κ1) is 15.3. The number of rotatable bonds is 5. The summed E-state index contributed by atoms with van der Waals surface area (Å²) >= 11 is 3.33. The molecule has 1 aromatic carbocycles. The van der Waals surface area contributed by atoms with Crippen LogP contribution in [0.15, 0.2) is 27.6 Å². The average Bonchev–Trinajstić information content (AvgIpc) is 3.26. The Labute approximate surface area is 137 Å². The van der Waals surface area contributed by atoms with Gasteiger partial charge in [0.25, 0.3) is 15.0 Å². The summed E-state index contributed by atoms with van der Waals surface area (Å²) in [5, 5.41) is 0. The van der Waals surface area contributed by atoms with Gasteiger partial charge in [0.2, 0.25) is 0 Å². The number of nitrogens with zero attached hydrogens (tertiary/aromatic N) is 1. The van der Waals surface area contributed by atoms with Gasteiger partial charge in [0.1, 0.15) is 0 Å². The van der Waals surface area contributed by atoms with Crippen molar-refractivity contribution in [1.82, 2.24) is 4.90 Å². The summed E-state index contributed by atoms with van der Waals surface area (Å²) in [6.07, 6.45) is 4.41. The van der Waals surface area contributed by atoms with Crippen LogP contribution in [0.2, 0.25) is 0 Å². The summed E-state index contributed by atoms with van der Waals surface area (Å²) in [6, 6.07) is 4.62. The first-order valence-electron chi connectivity index (χ1n) is 6.91. The fourth-order valence-corrected chi connectivity index (χ4v) is 3.53.